The average Bonchev–Trinajstić information content (AvgIpc) is 3.20. The van der Waals surface area contributed by atoms with Crippen molar-refractivity contribution in [1.29, 1.82) is 5.26 Å². The summed E-state index contributed by atoms with van der Waals surface area (Å²) >= 11 is 0. The summed E-state index contributed by atoms with van der Waals surface area (Å²) in [6.45, 7) is 2.15. The Bertz CT molecular complexity index is 876. The third kappa shape index (κ3) is 4.31. The van der Waals surface area contributed by atoms with Crippen molar-refractivity contribution in [2.45, 2.75) is 62.5 Å². The lowest BCUT2D eigenvalue weighted by Crippen LogP contribution is -2.47. The first kappa shape index (κ1) is 19.9. The predicted octanol–water partition coefficient (Wildman–Crippen LogP) is 4.03. The van der Waals surface area contributed by atoms with Crippen molar-refractivity contribution in [3.8, 4) is 6.07 Å². The van der Waals surface area contributed by atoms with Gasteiger partial charge in [-0.15, -0.1) is 0 Å². The fourth-order valence-corrected chi connectivity index (χ4v) is 5.02. The minimum atomic E-state index is -0.713. The molecule has 4 rings (SSSR count). The molecule has 1 saturated carbocycles. The monoisotopic (exact) mass is 394 g/mol. The molecule has 2 aromatic rings. The van der Waals surface area contributed by atoms with E-state index in [1.54, 1.807) is 6.07 Å². The van der Waals surface area contributed by atoms with Crippen LogP contribution in [0.3, 0.4) is 0 Å². The number of rotatable bonds is 6. The number of hydrogen-bond acceptors (Lipinski definition) is 5. The molecule has 1 spiro atoms. The zero-order valence-electron chi connectivity index (χ0n) is 16.7. The molecular formula is C23H27FN4O. The van der Waals surface area contributed by atoms with Gasteiger partial charge in [0, 0.05) is 36.7 Å². The van der Waals surface area contributed by atoms with Crippen LogP contribution in [0.4, 0.5) is 4.39 Å². The largest absolute Gasteiger partial charge is 0.375 e. The lowest BCUT2D eigenvalue weighted by molar-refractivity contribution is -0.104. The molecule has 0 aromatic carbocycles. The first-order valence-corrected chi connectivity index (χ1v) is 10.5. The minimum absolute atomic E-state index is 0.00963. The van der Waals surface area contributed by atoms with Crippen molar-refractivity contribution < 1.29 is 9.13 Å². The maximum atomic E-state index is 13.4. The molecule has 0 bridgehead atoms. The van der Waals surface area contributed by atoms with Crippen LogP contribution in [-0.2, 0) is 16.7 Å². The van der Waals surface area contributed by atoms with Crippen molar-refractivity contribution in [3.05, 3.63) is 59.4 Å². The Kier molecular flexibility index (Phi) is 5.89. The molecule has 1 N–H and O–H groups in total. The van der Waals surface area contributed by atoms with Gasteiger partial charge in [-0.3, -0.25) is 4.98 Å². The van der Waals surface area contributed by atoms with Crippen LogP contribution in [0.15, 0.2) is 36.7 Å². The fourth-order valence-electron chi connectivity index (χ4n) is 5.02. The second-order valence-corrected chi connectivity index (χ2v) is 8.38. The van der Waals surface area contributed by atoms with Crippen molar-refractivity contribution in [1.82, 2.24) is 15.3 Å². The van der Waals surface area contributed by atoms with Gasteiger partial charge in [-0.1, -0.05) is 18.9 Å². The molecule has 1 saturated heterocycles. The summed E-state index contributed by atoms with van der Waals surface area (Å²) in [7, 11) is 0. The molecule has 2 aliphatic rings. The highest BCUT2D eigenvalue weighted by Crippen LogP contribution is 2.49. The second-order valence-electron chi connectivity index (χ2n) is 8.38. The third-order valence-electron chi connectivity index (χ3n) is 6.50. The maximum Gasteiger partial charge on any atom is 0.230 e. The molecule has 29 heavy (non-hydrogen) atoms. The molecule has 1 aliphatic heterocycles. The third-order valence-corrected chi connectivity index (χ3v) is 6.50. The summed E-state index contributed by atoms with van der Waals surface area (Å²) in [4.78, 5) is 8.40. The number of pyridine rings is 2. The molecule has 3 heterocycles. The molecule has 1 unspecified atom stereocenters. The van der Waals surface area contributed by atoms with E-state index in [0.717, 1.165) is 56.5 Å². The number of nitrogens with one attached hydrogen (secondary N) is 1. The summed E-state index contributed by atoms with van der Waals surface area (Å²) < 4.78 is 19.7. The molecule has 0 amide bonds. The SMILES string of the molecule is N#Cc1cc(CNCCC2(c3ccccn3)CCOC3(CCCC3)C2)cnc1F. The Morgan fingerprint density at radius 2 is 2.07 bits per heavy atom. The average molecular weight is 394 g/mol. The number of nitrogens with zero attached hydrogens (tertiary/aromatic N) is 3. The topological polar surface area (TPSA) is 70.8 Å². The summed E-state index contributed by atoms with van der Waals surface area (Å²) in [6, 6.07) is 9.59. The second kappa shape index (κ2) is 8.56. The van der Waals surface area contributed by atoms with E-state index in [2.05, 4.69) is 22.4 Å². The Morgan fingerprint density at radius 3 is 2.83 bits per heavy atom. The molecule has 2 aromatic heterocycles. The molecule has 0 radical (unpaired) electrons. The van der Waals surface area contributed by atoms with Gasteiger partial charge in [-0.05, 0) is 62.4 Å². The molecule has 5 nitrogen and oxygen atoms in total. The lowest BCUT2D eigenvalue weighted by Gasteiger charge is -2.46. The Balaban J connectivity index is 1.45. The quantitative estimate of drug-likeness (QED) is 0.592. The number of halogens is 1. The lowest BCUT2D eigenvalue weighted by atomic mass is 9.68. The number of aromatic nitrogens is 2. The standard InChI is InChI=1S/C23H27FN4O/c24-21-19(14-25)13-18(16-28-21)15-26-11-8-22(20-5-1-4-10-27-20)9-12-29-23(17-22)6-2-3-7-23/h1,4-5,10,13,16,26H,2-3,6-9,11-12,15,17H2. The summed E-state index contributed by atoms with van der Waals surface area (Å²) in [5.41, 5.74) is 1.98. The fraction of sp³-hybridized carbons (Fsp3) is 0.522. The summed E-state index contributed by atoms with van der Waals surface area (Å²) in [5, 5.41) is 12.4. The van der Waals surface area contributed by atoms with Gasteiger partial charge >= 0.3 is 0 Å². The zero-order chi connectivity index (χ0) is 20.2. The van der Waals surface area contributed by atoms with Gasteiger partial charge in [-0.25, -0.2) is 4.98 Å². The highest BCUT2D eigenvalue weighted by atomic mass is 19.1. The van der Waals surface area contributed by atoms with Crippen LogP contribution in [0.1, 0.15) is 61.8 Å². The van der Waals surface area contributed by atoms with Gasteiger partial charge in [0.2, 0.25) is 5.95 Å². The molecule has 2 fully saturated rings. The van der Waals surface area contributed by atoms with Gasteiger partial charge in [0.15, 0.2) is 0 Å². The van der Waals surface area contributed by atoms with Crippen molar-refractivity contribution in [2.75, 3.05) is 13.2 Å². The van der Waals surface area contributed by atoms with Crippen LogP contribution < -0.4 is 5.32 Å². The van der Waals surface area contributed by atoms with Crippen molar-refractivity contribution in [3.63, 3.8) is 0 Å². The zero-order valence-corrected chi connectivity index (χ0v) is 16.7. The van der Waals surface area contributed by atoms with Crippen LogP contribution in [0.25, 0.3) is 0 Å². The van der Waals surface area contributed by atoms with Crippen LogP contribution in [-0.4, -0.2) is 28.7 Å². The molecule has 1 atom stereocenters. The van der Waals surface area contributed by atoms with E-state index in [1.807, 2.05) is 18.3 Å². The Hall–Kier alpha value is -2.36. The number of nitriles is 1. The molecule has 152 valence electrons. The van der Waals surface area contributed by atoms with Gasteiger partial charge in [-0.2, -0.15) is 9.65 Å². The van der Waals surface area contributed by atoms with Gasteiger partial charge < -0.3 is 10.1 Å². The first-order valence-electron chi connectivity index (χ1n) is 10.5. The maximum absolute atomic E-state index is 13.4. The van der Waals surface area contributed by atoms with E-state index >= 15 is 0 Å². The molecular weight excluding hydrogens is 367 g/mol. The first-order chi connectivity index (χ1) is 14.1. The van der Waals surface area contributed by atoms with E-state index in [1.165, 1.54) is 19.0 Å². The minimum Gasteiger partial charge on any atom is -0.375 e. The van der Waals surface area contributed by atoms with Crippen LogP contribution in [0.2, 0.25) is 0 Å². The van der Waals surface area contributed by atoms with E-state index in [9.17, 15) is 4.39 Å². The van der Waals surface area contributed by atoms with E-state index in [4.69, 9.17) is 15.0 Å². The van der Waals surface area contributed by atoms with Crippen LogP contribution >= 0.6 is 0 Å². The number of ether oxygens (including phenoxy) is 1. The van der Waals surface area contributed by atoms with Crippen LogP contribution in [0, 0.1) is 17.3 Å². The Morgan fingerprint density at radius 1 is 1.21 bits per heavy atom. The Labute approximate surface area is 171 Å². The summed E-state index contributed by atoms with van der Waals surface area (Å²) in [5.74, 6) is -0.713. The smallest absolute Gasteiger partial charge is 0.230 e. The predicted molar refractivity (Wildman–Crippen MR) is 108 cm³/mol. The highest BCUT2D eigenvalue weighted by Gasteiger charge is 2.48. The van der Waals surface area contributed by atoms with E-state index in [-0.39, 0.29) is 16.6 Å². The van der Waals surface area contributed by atoms with Gasteiger partial charge in [0.05, 0.1) is 5.60 Å². The summed E-state index contributed by atoms with van der Waals surface area (Å²) in [6.07, 6.45) is 11.1. The highest BCUT2D eigenvalue weighted by molar-refractivity contribution is 5.30. The van der Waals surface area contributed by atoms with E-state index < -0.39 is 5.95 Å². The normalized spacial score (nSPS) is 23.2. The molecule has 1 aliphatic carbocycles. The van der Waals surface area contributed by atoms with Crippen molar-refractivity contribution in [2.24, 2.45) is 0 Å². The van der Waals surface area contributed by atoms with Gasteiger partial charge in [0.25, 0.3) is 0 Å². The number of hydrogen-bond donors (Lipinski definition) is 1. The van der Waals surface area contributed by atoms with Crippen molar-refractivity contribution >= 4 is 0 Å². The van der Waals surface area contributed by atoms with E-state index in [0.29, 0.717) is 6.54 Å². The van der Waals surface area contributed by atoms with Crippen LogP contribution in [0.5, 0.6) is 0 Å². The molecule has 6 heteroatoms. The van der Waals surface area contributed by atoms with Gasteiger partial charge in [0.1, 0.15) is 11.6 Å².